The molecule has 96 valence electrons. The van der Waals surface area contributed by atoms with Crippen molar-refractivity contribution in [3.63, 3.8) is 0 Å². The third-order valence-electron chi connectivity index (χ3n) is 4.22. The molecule has 1 N–H and O–H groups in total. The highest BCUT2D eigenvalue weighted by molar-refractivity contribution is 5.56. The molecule has 2 saturated heterocycles. The summed E-state index contributed by atoms with van der Waals surface area (Å²) in [5, 5.41) is 21.5. The smallest absolute Gasteiger partial charge is 0.101 e. The van der Waals surface area contributed by atoms with Crippen LogP contribution in [0.3, 0.4) is 0 Å². The SMILES string of the molecule is N#Cc1ccc(NC2CCN3CCCC23)cc1C#N. The normalized spacial score (nSPS) is 25.6. The second kappa shape index (κ2) is 4.91. The zero-order valence-corrected chi connectivity index (χ0v) is 10.8. The van der Waals surface area contributed by atoms with Crippen molar-refractivity contribution < 1.29 is 0 Å². The highest BCUT2D eigenvalue weighted by atomic mass is 15.2. The van der Waals surface area contributed by atoms with E-state index in [1.807, 2.05) is 12.1 Å². The average molecular weight is 252 g/mol. The number of nitrogens with one attached hydrogen (secondary N) is 1. The first-order valence-corrected chi connectivity index (χ1v) is 6.76. The lowest BCUT2D eigenvalue weighted by molar-refractivity contribution is 0.318. The lowest BCUT2D eigenvalue weighted by Gasteiger charge is -2.22. The van der Waals surface area contributed by atoms with Crippen LogP contribution < -0.4 is 5.32 Å². The van der Waals surface area contributed by atoms with E-state index in [0.717, 1.165) is 12.1 Å². The molecular formula is C15H16N4. The van der Waals surface area contributed by atoms with Gasteiger partial charge in [0.1, 0.15) is 12.1 Å². The zero-order chi connectivity index (χ0) is 13.2. The molecule has 1 aromatic carbocycles. The molecule has 0 amide bonds. The van der Waals surface area contributed by atoms with Crippen LogP contribution in [-0.4, -0.2) is 30.1 Å². The van der Waals surface area contributed by atoms with Crippen LogP contribution >= 0.6 is 0 Å². The van der Waals surface area contributed by atoms with E-state index in [4.69, 9.17) is 10.5 Å². The van der Waals surface area contributed by atoms with Crippen LogP contribution in [0.1, 0.15) is 30.4 Å². The maximum atomic E-state index is 9.05. The Labute approximate surface area is 113 Å². The predicted molar refractivity (Wildman–Crippen MR) is 72.5 cm³/mol. The quantitative estimate of drug-likeness (QED) is 0.875. The number of anilines is 1. The molecule has 0 aliphatic carbocycles. The highest BCUT2D eigenvalue weighted by Crippen LogP contribution is 2.30. The number of rotatable bonds is 2. The number of fused-ring (bicyclic) bond motifs is 1. The fourth-order valence-electron chi connectivity index (χ4n) is 3.29. The molecule has 0 bridgehead atoms. The van der Waals surface area contributed by atoms with E-state index in [2.05, 4.69) is 16.3 Å². The summed E-state index contributed by atoms with van der Waals surface area (Å²) in [5.41, 5.74) is 1.85. The Morgan fingerprint density at radius 3 is 2.74 bits per heavy atom. The molecule has 2 atom stereocenters. The van der Waals surface area contributed by atoms with Gasteiger partial charge < -0.3 is 5.32 Å². The van der Waals surface area contributed by atoms with Crippen molar-refractivity contribution in [3.05, 3.63) is 29.3 Å². The molecule has 2 fully saturated rings. The van der Waals surface area contributed by atoms with Crippen molar-refractivity contribution in [1.29, 1.82) is 10.5 Å². The van der Waals surface area contributed by atoms with Crippen LogP contribution in [0.15, 0.2) is 18.2 Å². The van der Waals surface area contributed by atoms with Gasteiger partial charge in [-0.2, -0.15) is 10.5 Å². The standard InChI is InChI=1S/C15H16N4/c16-9-11-3-4-13(8-12(11)10-17)18-14-5-7-19-6-1-2-15(14)19/h3-4,8,14-15,18H,1-2,5-7H2. The molecular weight excluding hydrogens is 236 g/mol. The summed E-state index contributed by atoms with van der Waals surface area (Å²) < 4.78 is 0. The fourth-order valence-corrected chi connectivity index (χ4v) is 3.29. The summed E-state index contributed by atoms with van der Waals surface area (Å²) in [6, 6.07) is 10.7. The Balaban J connectivity index is 1.77. The van der Waals surface area contributed by atoms with Gasteiger partial charge in [0.2, 0.25) is 0 Å². The van der Waals surface area contributed by atoms with Crippen LogP contribution in [0, 0.1) is 22.7 Å². The zero-order valence-electron chi connectivity index (χ0n) is 10.8. The lowest BCUT2D eigenvalue weighted by atomic mass is 10.0. The van der Waals surface area contributed by atoms with Gasteiger partial charge in [-0.3, -0.25) is 4.90 Å². The second-order valence-electron chi connectivity index (χ2n) is 5.27. The van der Waals surface area contributed by atoms with Crippen molar-refractivity contribution >= 4 is 5.69 Å². The Morgan fingerprint density at radius 1 is 1.11 bits per heavy atom. The van der Waals surface area contributed by atoms with E-state index in [1.54, 1.807) is 12.1 Å². The maximum absolute atomic E-state index is 9.05. The van der Waals surface area contributed by atoms with Gasteiger partial charge in [0.05, 0.1) is 11.1 Å². The molecule has 3 rings (SSSR count). The number of hydrogen-bond donors (Lipinski definition) is 1. The van der Waals surface area contributed by atoms with Crippen LogP contribution in [0.2, 0.25) is 0 Å². The van der Waals surface area contributed by atoms with Crippen molar-refractivity contribution in [2.24, 2.45) is 0 Å². The molecule has 0 saturated carbocycles. The summed E-state index contributed by atoms with van der Waals surface area (Å²) in [6.45, 7) is 2.39. The number of hydrogen-bond acceptors (Lipinski definition) is 4. The minimum Gasteiger partial charge on any atom is -0.381 e. The van der Waals surface area contributed by atoms with E-state index in [-0.39, 0.29) is 0 Å². The van der Waals surface area contributed by atoms with Gasteiger partial charge in [-0.05, 0) is 44.0 Å². The van der Waals surface area contributed by atoms with Crippen molar-refractivity contribution in [3.8, 4) is 12.1 Å². The average Bonchev–Trinajstić information content (AvgIpc) is 3.03. The van der Waals surface area contributed by atoms with Gasteiger partial charge in [0, 0.05) is 24.3 Å². The molecule has 1 aromatic rings. The van der Waals surface area contributed by atoms with Crippen LogP contribution in [-0.2, 0) is 0 Å². The number of nitriles is 2. The van der Waals surface area contributed by atoms with Crippen LogP contribution in [0.5, 0.6) is 0 Å². The summed E-state index contributed by atoms with van der Waals surface area (Å²) in [4.78, 5) is 2.55. The van der Waals surface area contributed by atoms with Gasteiger partial charge in [-0.15, -0.1) is 0 Å². The third-order valence-corrected chi connectivity index (χ3v) is 4.22. The molecule has 0 radical (unpaired) electrons. The summed E-state index contributed by atoms with van der Waals surface area (Å²) >= 11 is 0. The third kappa shape index (κ3) is 2.16. The topological polar surface area (TPSA) is 62.9 Å². The highest BCUT2D eigenvalue weighted by Gasteiger charge is 2.36. The molecule has 4 heteroatoms. The van der Waals surface area contributed by atoms with Crippen LogP contribution in [0.25, 0.3) is 0 Å². The van der Waals surface area contributed by atoms with E-state index in [0.29, 0.717) is 23.2 Å². The minimum atomic E-state index is 0.446. The number of benzene rings is 1. The predicted octanol–water partition coefficient (Wildman–Crippen LogP) is 2.08. The van der Waals surface area contributed by atoms with Gasteiger partial charge in [-0.25, -0.2) is 0 Å². The summed E-state index contributed by atoms with van der Waals surface area (Å²) in [7, 11) is 0. The molecule has 0 spiro atoms. The van der Waals surface area contributed by atoms with Crippen molar-refractivity contribution in [2.45, 2.75) is 31.3 Å². The first-order valence-electron chi connectivity index (χ1n) is 6.76. The fraction of sp³-hybridized carbons (Fsp3) is 0.467. The molecule has 4 nitrogen and oxygen atoms in total. The molecule has 19 heavy (non-hydrogen) atoms. The van der Waals surface area contributed by atoms with E-state index in [9.17, 15) is 0 Å². The first kappa shape index (κ1) is 12.0. The van der Waals surface area contributed by atoms with Gasteiger partial charge >= 0.3 is 0 Å². The Bertz CT molecular complexity index is 566. The van der Waals surface area contributed by atoms with Crippen molar-refractivity contribution in [1.82, 2.24) is 4.90 Å². The van der Waals surface area contributed by atoms with Gasteiger partial charge in [0.15, 0.2) is 0 Å². The number of nitrogens with zero attached hydrogens (tertiary/aromatic N) is 3. The monoisotopic (exact) mass is 252 g/mol. The summed E-state index contributed by atoms with van der Waals surface area (Å²) in [6.07, 6.45) is 3.71. The first-order chi connectivity index (χ1) is 9.31. The largest absolute Gasteiger partial charge is 0.381 e. The molecule has 2 aliphatic heterocycles. The van der Waals surface area contributed by atoms with Crippen LogP contribution in [0.4, 0.5) is 5.69 Å². The Kier molecular flexibility index (Phi) is 3.11. The molecule has 0 aromatic heterocycles. The Hall–Kier alpha value is -2.04. The molecule has 2 heterocycles. The van der Waals surface area contributed by atoms with Crippen molar-refractivity contribution in [2.75, 3.05) is 18.4 Å². The molecule has 2 unspecified atom stereocenters. The van der Waals surface area contributed by atoms with E-state index >= 15 is 0 Å². The summed E-state index contributed by atoms with van der Waals surface area (Å²) in [5.74, 6) is 0. The second-order valence-corrected chi connectivity index (χ2v) is 5.27. The molecule has 2 aliphatic rings. The van der Waals surface area contributed by atoms with E-state index < -0.39 is 0 Å². The van der Waals surface area contributed by atoms with E-state index in [1.165, 1.54) is 25.9 Å². The maximum Gasteiger partial charge on any atom is 0.101 e. The Morgan fingerprint density at radius 2 is 1.95 bits per heavy atom. The lowest BCUT2D eigenvalue weighted by Crippen LogP contribution is -2.33. The minimum absolute atomic E-state index is 0.446. The van der Waals surface area contributed by atoms with Gasteiger partial charge in [-0.1, -0.05) is 0 Å². The van der Waals surface area contributed by atoms with Gasteiger partial charge in [0.25, 0.3) is 0 Å².